The van der Waals surface area contributed by atoms with Crippen molar-refractivity contribution in [3.8, 4) is 11.1 Å². The van der Waals surface area contributed by atoms with Gasteiger partial charge in [-0.2, -0.15) is 0 Å². The van der Waals surface area contributed by atoms with Crippen LogP contribution in [0.3, 0.4) is 0 Å². The Kier molecular flexibility index (Phi) is 6.10. The third-order valence-corrected chi connectivity index (χ3v) is 7.23. The molecule has 4 aromatic rings. The van der Waals surface area contributed by atoms with Crippen LogP contribution in [0.4, 0.5) is 28.4 Å². The van der Waals surface area contributed by atoms with Crippen LogP contribution in [0.5, 0.6) is 0 Å². The van der Waals surface area contributed by atoms with Crippen LogP contribution in [0.1, 0.15) is 20.7 Å². The monoisotopic (exact) mass is 513 g/mol. The van der Waals surface area contributed by atoms with E-state index in [9.17, 15) is 18.0 Å². The quantitative estimate of drug-likeness (QED) is 0.356. The minimum Gasteiger partial charge on any atom is -0.353 e. The highest BCUT2D eigenvalue weighted by molar-refractivity contribution is 7.92. The first-order chi connectivity index (χ1) is 17.7. The second-order valence-corrected chi connectivity index (χ2v) is 10.6. The lowest BCUT2D eigenvalue weighted by molar-refractivity contribution is 0.101. The van der Waals surface area contributed by atoms with Crippen molar-refractivity contribution >= 4 is 50.3 Å². The molecule has 1 aliphatic rings. The number of hydrogen-bond acceptors (Lipinski definition) is 6. The van der Waals surface area contributed by atoms with Gasteiger partial charge in [0.25, 0.3) is 11.8 Å². The van der Waals surface area contributed by atoms with Crippen molar-refractivity contribution in [1.82, 2.24) is 4.98 Å². The van der Waals surface area contributed by atoms with Crippen LogP contribution in [-0.2, 0) is 10.0 Å². The average molecular weight is 514 g/mol. The fraction of sp³-hybridized carbons (Fsp3) is 0.0741. The number of carbonyl (C=O) groups is 2. The molecule has 3 aromatic carbocycles. The van der Waals surface area contributed by atoms with Crippen molar-refractivity contribution in [2.45, 2.75) is 0 Å². The van der Waals surface area contributed by atoms with Gasteiger partial charge in [0.05, 0.1) is 40.1 Å². The van der Waals surface area contributed by atoms with Gasteiger partial charge in [-0.05, 0) is 54.1 Å². The number of aromatic nitrogens is 1. The molecule has 2 amide bonds. The Balaban J connectivity index is 1.51. The Bertz CT molecular complexity index is 1640. The fourth-order valence-electron chi connectivity index (χ4n) is 4.05. The maximum absolute atomic E-state index is 13.0. The molecule has 0 bridgehead atoms. The van der Waals surface area contributed by atoms with Gasteiger partial charge >= 0.3 is 0 Å². The highest BCUT2D eigenvalue weighted by atomic mass is 32.2. The standard InChI is InChI=1S/C27H23N5O4S/c1-32(37(2,35)36)25-8-4-3-7-20(25)17-9-11-21-23(14-17)30-24-15-19(10-12-22(24)31-27(21)34)29-26(33)18-6-5-13-28-16-18/h3-16,30H,1-2H3,(H,29,33)(H,31,34). The van der Waals surface area contributed by atoms with E-state index in [1.54, 1.807) is 66.9 Å². The first kappa shape index (κ1) is 24.0. The Morgan fingerprint density at radius 3 is 2.46 bits per heavy atom. The molecule has 2 heterocycles. The number of nitrogens with zero attached hydrogens (tertiary/aromatic N) is 2. The smallest absolute Gasteiger partial charge is 0.257 e. The molecule has 0 saturated heterocycles. The average Bonchev–Trinajstić information content (AvgIpc) is 3.03. The van der Waals surface area contributed by atoms with Crippen LogP contribution in [0.15, 0.2) is 85.2 Å². The lowest BCUT2D eigenvalue weighted by Crippen LogP contribution is -2.25. The number of hydrogen-bond donors (Lipinski definition) is 3. The zero-order valence-corrected chi connectivity index (χ0v) is 20.8. The van der Waals surface area contributed by atoms with Crippen molar-refractivity contribution in [2.24, 2.45) is 0 Å². The molecule has 5 rings (SSSR count). The molecule has 9 nitrogen and oxygen atoms in total. The maximum atomic E-state index is 13.0. The van der Waals surface area contributed by atoms with E-state index < -0.39 is 10.0 Å². The number of benzene rings is 3. The summed E-state index contributed by atoms with van der Waals surface area (Å²) >= 11 is 0. The van der Waals surface area contributed by atoms with E-state index in [1.165, 1.54) is 17.5 Å². The highest BCUT2D eigenvalue weighted by Crippen LogP contribution is 2.38. The number of sulfonamides is 1. The van der Waals surface area contributed by atoms with Crippen LogP contribution in [0, 0.1) is 0 Å². The number of pyridine rings is 1. The van der Waals surface area contributed by atoms with Crippen LogP contribution in [0.2, 0.25) is 0 Å². The normalized spacial score (nSPS) is 12.3. The SMILES string of the molecule is CN(c1ccccc1-c1ccc2c(c1)Nc1cc(NC(=O)c3cccnc3)ccc1NC2=O)S(C)(=O)=O. The molecular formula is C27H23N5O4S. The van der Waals surface area contributed by atoms with Gasteiger partial charge in [-0.1, -0.05) is 24.3 Å². The highest BCUT2D eigenvalue weighted by Gasteiger charge is 2.22. The molecule has 3 N–H and O–H groups in total. The molecule has 0 atom stereocenters. The second-order valence-electron chi connectivity index (χ2n) is 8.54. The van der Waals surface area contributed by atoms with E-state index in [4.69, 9.17) is 0 Å². The Hall–Kier alpha value is -4.70. The summed E-state index contributed by atoms with van der Waals surface area (Å²) in [6.07, 6.45) is 4.22. The first-order valence-electron chi connectivity index (χ1n) is 11.3. The molecule has 37 heavy (non-hydrogen) atoms. The number of nitrogens with one attached hydrogen (secondary N) is 3. The summed E-state index contributed by atoms with van der Waals surface area (Å²) in [4.78, 5) is 29.5. The molecule has 0 aliphatic carbocycles. The van der Waals surface area contributed by atoms with Gasteiger partial charge in [0.15, 0.2) is 0 Å². The summed E-state index contributed by atoms with van der Waals surface area (Å²) in [5.74, 6) is -0.596. The molecule has 1 aliphatic heterocycles. The largest absolute Gasteiger partial charge is 0.353 e. The summed E-state index contributed by atoms with van der Waals surface area (Å²) in [5, 5.41) is 9.03. The number of amides is 2. The number of anilines is 5. The van der Waals surface area contributed by atoms with Gasteiger partial charge in [-0.3, -0.25) is 18.9 Å². The lowest BCUT2D eigenvalue weighted by atomic mass is 10.0. The second kappa shape index (κ2) is 9.40. The fourth-order valence-corrected chi connectivity index (χ4v) is 4.57. The van der Waals surface area contributed by atoms with Crippen molar-refractivity contribution in [3.63, 3.8) is 0 Å². The predicted octanol–water partition coefficient (Wildman–Crippen LogP) is 4.71. The summed E-state index contributed by atoms with van der Waals surface area (Å²) < 4.78 is 25.6. The third kappa shape index (κ3) is 4.87. The van der Waals surface area contributed by atoms with Gasteiger partial charge in [-0.15, -0.1) is 0 Å². The molecule has 1 aromatic heterocycles. The summed E-state index contributed by atoms with van der Waals surface area (Å²) in [6.45, 7) is 0. The van der Waals surface area contributed by atoms with E-state index in [2.05, 4.69) is 20.9 Å². The van der Waals surface area contributed by atoms with Crippen LogP contribution < -0.4 is 20.3 Å². The van der Waals surface area contributed by atoms with Gasteiger partial charge < -0.3 is 16.0 Å². The first-order valence-corrected chi connectivity index (χ1v) is 13.2. The number of fused-ring (bicyclic) bond motifs is 2. The maximum Gasteiger partial charge on any atom is 0.257 e. The molecule has 10 heteroatoms. The summed E-state index contributed by atoms with van der Waals surface area (Å²) in [5.41, 5.74) is 5.02. The molecule has 0 unspecified atom stereocenters. The zero-order chi connectivity index (χ0) is 26.2. The van der Waals surface area contributed by atoms with Crippen molar-refractivity contribution in [1.29, 1.82) is 0 Å². The van der Waals surface area contributed by atoms with Crippen molar-refractivity contribution in [2.75, 3.05) is 33.6 Å². The van der Waals surface area contributed by atoms with E-state index >= 15 is 0 Å². The third-order valence-electron chi connectivity index (χ3n) is 6.03. The topological polar surface area (TPSA) is 120 Å². The Morgan fingerprint density at radius 1 is 0.892 bits per heavy atom. The minimum absolute atomic E-state index is 0.290. The molecular weight excluding hydrogens is 490 g/mol. The van der Waals surface area contributed by atoms with E-state index in [0.717, 1.165) is 11.8 Å². The summed E-state index contributed by atoms with van der Waals surface area (Å²) in [6, 6.07) is 20.9. The summed E-state index contributed by atoms with van der Waals surface area (Å²) in [7, 11) is -1.98. The van der Waals surface area contributed by atoms with E-state index in [0.29, 0.717) is 45.1 Å². The molecule has 0 spiro atoms. The molecule has 0 saturated carbocycles. The van der Waals surface area contributed by atoms with Gasteiger partial charge in [-0.25, -0.2) is 8.42 Å². The number of carbonyl (C=O) groups excluding carboxylic acids is 2. The Labute approximate surface area is 214 Å². The van der Waals surface area contributed by atoms with Crippen LogP contribution in [-0.4, -0.2) is 38.5 Å². The predicted molar refractivity (Wildman–Crippen MR) is 145 cm³/mol. The number of rotatable bonds is 5. The minimum atomic E-state index is -3.48. The van der Waals surface area contributed by atoms with Crippen LogP contribution >= 0.6 is 0 Å². The zero-order valence-electron chi connectivity index (χ0n) is 20.0. The van der Waals surface area contributed by atoms with Crippen LogP contribution in [0.25, 0.3) is 11.1 Å². The van der Waals surface area contributed by atoms with Gasteiger partial charge in [0.1, 0.15) is 0 Å². The van der Waals surface area contributed by atoms with Crippen molar-refractivity contribution < 1.29 is 18.0 Å². The molecule has 186 valence electrons. The van der Waals surface area contributed by atoms with E-state index in [1.807, 2.05) is 12.1 Å². The van der Waals surface area contributed by atoms with Crippen molar-refractivity contribution in [3.05, 3.63) is 96.3 Å². The van der Waals surface area contributed by atoms with E-state index in [-0.39, 0.29) is 11.8 Å². The van der Waals surface area contributed by atoms with Gasteiger partial charge in [0, 0.05) is 30.7 Å². The molecule has 0 fully saturated rings. The van der Waals surface area contributed by atoms with Gasteiger partial charge in [0.2, 0.25) is 10.0 Å². The number of para-hydroxylation sites is 1. The molecule has 0 radical (unpaired) electrons. The lowest BCUT2D eigenvalue weighted by Gasteiger charge is -2.21. The Morgan fingerprint density at radius 2 is 1.70 bits per heavy atom.